The molecule has 0 bridgehead atoms. The van der Waals surface area contributed by atoms with Gasteiger partial charge in [0, 0.05) is 4.83 Å². The highest BCUT2D eigenvalue weighted by Crippen LogP contribution is 2.45. The van der Waals surface area contributed by atoms with Gasteiger partial charge in [0.2, 0.25) is 0 Å². The molecule has 12 heavy (non-hydrogen) atoms. The molecular weight excluding hydrogens is 216 g/mol. The highest BCUT2D eigenvalue weighted by Gasteiger charge is 2.44. The van der Waals surface area contributed by atoms with Crippen LogP contribution < -0.4 is 0 Å². The summed E-state index contributed by atoms with van der Waals surface area (Å²) in [6, 6.07) is 9.85. The molecule has 0 heterocycles. The van der Waals surface area contributed by atoms with Gasteiger partial charge in [0.15, 0.2) is 0 Å². The van der Waals surface area contributed by atoms with Crippen LogP contribution in [-0.4, -0.2) is 9.93 Å². The molecular formula is C10H11BrO. The lowest BCUT2D eigenvalue weighted by Gasteiger charge is -2.42. The lowest BCUT2D eigenvalue weighted by molar-refractivity contribution is -0.0279. The summed E-state index contributed by atoms with van der Waals surface area (Å²) in [4.78, 5) is 0.229. The van der Waals surface area contributed by atoms with Crippen LogP contribution in [0.5, 0.6) is 0 Å². The molecule has 1 N–H and O–H groups in total. The third-order valence-electron chi connectivity index (χ3n) is 2.57. The van der Waals surface area contributed by atoms with E-state index in [1.54, 1.807) is 0 Å². The Balaban J connectivity index is 2.31. The molecule has 1 saturated carbocycles. The molecule has 0 spiro atoms. The van der Waals surface area contributed by atoms with Gasteiger partial charge >= 0.3 is 0 Å². The molecule has 2 atom stereocenters. The standard InChI is InChI=1S/C10H11BrO/c11-9-6-7-10(9,12)8-4-2-1-3-5-8/h1-5,9,12H,6-7H2/t9-,10+/m1/s1. The predicted molar refractivity (Wildman–Crippen MR) is 52.3 cm³/mol. The van der Waals surface area contributed by atoms with Crippen LogP contribution in [0.25, 0.3) is 0 Å². The second kappa shape index (κ2) is 2.86. The van der Waals surface area contributed by atoms with Gasteiger partial charge in [0.25, 0.3) is 0 Å². The van der Waals surface area contributed by atoms with Gasteiger partial charge in [-0.25, -0.2) is 0 Å². The minimum atomic E-state index is -0.610. The van der Waals surface area contributed by atoms with Crippen molar-refractivity contribution in [2.75, 3.05) is 0 Å². The molecule has 0 amide bonds. The monoisotopic (exact) mass is 226 g/mol. The third-order valence-corrected chi connectivity index (χ3v) is 3.79. The fraction of sp³-hybridized carbons (Fsp3) is 0.400. The largest absolute Gasteiger partial charge is 0.384 e. The molecule has 1 fully saturated rings. The SMILES string of the molecule is O[C@]1(c2ccccc2)CC[C@H]1Br. The van der Waals surface area contributed by atoms with E-state index in [9.17, 15) is 5.11 Å². The molecule has 0 saturated heterocycles. The van der Waals surface area contributed by atoms with Gasteiger partial charge < -0.3 is 5.11 Å². The number of rotatable bonds is 1. The van der Waals surface area contributed by atoms with E-state index < -0.39 is 5.60 Å². The Morgan fingerprint density at radius 3 is 2.42 bits per heavy atom. The molecule has 0 aliphatic heterocycles. The Morgan fingerprint density at radius 2 is 2.00 bits per heavy atom. The number of alkyl halides is 1. The highest BCUT2D eigenvalue weighted by atomic mass is 79.9. The van der Waals surface area contributed by atoms with Crippen molar-refractivity contribution in [3.05, 3.63) is 35.9 Å². The van der Waals surface area contributed by atoms with Gasteiger partial charge in [-0.1, -0.05) is 46.3 Å². The van der Waals surface area contributed by atoms with E-state index in [0.29, 0.717) is 0 Å². The number of benzene rings is 1. The van der Waals surface area contributed by atoms with Gasteiger partial charge in [-0.05, 0) is 18.4 Å². The van der Waals surface area contributed by atoms with Crippen LogP contribution in [0.3, 0.4) is 0 Å². The summed E-state index contributed by atoms with van der Waals surface area (Å²) < 4.78 is 0. The zero-order valence-electron chi connectivity index (χ0n) is 6.70. The second-order valence-corrected chi connectivity index (χ2v) is 4.40. The van der Waals surface area contributed by atoms with E-state index in [2.05, 4.69) is 15.9 Å². The van der Waals surface area contributed by atoms with Crippen molar-refractivity contribution in [1.29, 1.82) is 0 Å². The number of halogens is 1. The molecule has 1 nitrogen and oxygen atoms in total. The Bertz CT molecular complexity index is 272. The summed E-state index contributed by atoms with van der Waals surface area (Å²) in [5.41, 5.74) is 0.416. The summed E-state index contributed by atoms with van der Waals surface area (Å²) >= 11 is 3.47. The van der Waals surface area contributed by atoms with Crippen molar-refractivity contribution in [3.8, 4) is 0 Å². The minimum Gasteiger partial charge on any atom is -0.384 e. The molecule has 1 aromatic rings. The molecule has 0 radical (unpaired) electrons. The van der Waals surface area contributed by atoms with Crippen LogP contribution >= 0.6 is 15.9 Å². The van der Waals surface area contributed by atoms with Crippen LogP contribution in [0, 0.1) is 0 Å². The second-order valence-electron chi connectivity index (χ2n) is 3.30. The highest BCUT2D eigenvalue weighted by molar-refractivity contribution is 9.09. The molecule has 1 aromatic carbocycles. The first-order valence-electron chi connectivity index (χ1n) is 4.15. The van der Waals surface area contributed by atoms with Crippen molar-refractivity contribution in [3.63, 3.8) is 0 Å². The maximum absolute atomic E-state index is 10.1. The molecule has 1 aliphatic rings. The van der Waals surface area contributed by atoms with Crippen LogP contribution in [0.15, 0.2) is 30.3 Å². The van der Waals surface area contributed by atoms with E-state index >= 15 is 0 Å². The molecule has 64 valence electrons. The summed E-state index contributed by atoms with van der Waals surface area (Å²) in [5, 5.41) is 10.1. The van der Waals surface area contributed by atoms with Crippen molar-refractivity contribution < 1.29 is 5.11 Å². The predicted octanol–water partition coefficient (Wildman–Crippen LogP) is 2.43. The Hall–Kier alpha value is -0.340. The molecule has 2 heteroatoms. The third kappa shape index (κ3) is 1.10. The van der Waals surface area contributed by atoms with E-state index in [0.717, 1.165) is 18.4 Å². The van der Waals surface area contributed by atoms with Crippen molar-refractivity contribution in [2.45, 2.75) is 23.3 Å². The zero-order valence-corrected chi connectivity index (χ0v) is 8.29. The number of hydrogen-bond acceptors (Lipinski definition) is 1. The lowest BCUT2D eigenvalue weighted by atomic mass is 9.75. The van der Waals surface area contributed by atoms with E-state index in [1.165, 1.54) is 0 Å². The number of aliphatic hydroxyl groups is 1. The average molecular weight is 227 g/mol. The smallest absolute Gasteiger partial charge is 0.102 e. The van der Waals surface area contributed by atoms with Crippen LogP contribution in [0.2, 0.25) is 0 Å². The fourth-order valence-corrected chi connectivity index (χ4v) is 2.30. The Labute approximate surface area is 80.5 Å². The first-order valence-corrected chi connectivity index (χ1v) is 5.07. The first kappa shape index (κ1) is 8.27. The lowest BCUT2D eigenvalue weighted by Crippen LogP contribution is -2.44. The van der Waals surface area contributed by atoms with E-state index in [-0.39, 0.29) is 4.83 Å². The van der Waals surface area contributed by atoms with Gasteiger partial charge in [-0.15, -0.1) is 0 Å². The Kier molecular flexibility index (Phi) is 1.97. The van der Waals surface area contributed by atoms with Gasteiger partial charge in [-0.2, -0.15) is 0 Å². The Morgan fingerprint density at radius 1 is 1.33 bits per heavy atom. The van der Waals surface area contributed by atoms with Crippen molar-refractivity contribution in [2.24, 2.45) is 0 Å². The zero-order chi connectivity index (χ0) is 8.60. The van der Waals surface area contributed by atoms with Gasteiger partial charge in [0.1, 0.15) is 5.60 Å². The normalized spacial score (nSPS) is 34.3. The number of hydrogen-bond donors (Lipinski definition) is 1. The van der Waals surface area contributed by atoms with Crippen LogP contribution in [0.1, 0.15) is 18.4 Å². The van der Waals surface area contributed by atoms with Gasteiger partial charge in [-0.3, -0.25) is 0 Å². The minimum absolute atomic E-state index is 0.229. The fourth-order valence-electron chi connectivity index (χ4n) is 1.58. The summed E-state index contributed by atoms with van der Waals surface area (Å²) in [5.74, 6) is 0. The molecule has 0 unspecified atom stereocenters. The molecule has 2 rings (SSSR count). The van der Waals surface area contributed by atoms with Crippen molar-refractivity contribution in [1.82, 2.24) is 0 Å². The van der Waals surface area contributed by atoms with Crippen LogP contribution in [-0.2, 0) is 5.60 Å². The molecule has 0 aromatic heterocycles. The van der Waals surface area contributed by atoms with E-state index in [1.807, 2.05) is 30.3 Å². The summed E-state index contributed by atoms with van der Waals surface area (Å²) in [6.45, 7) is 0. The average Bonchev–Trinajstić information content (AvgIpc) is 2.16. The van der Waals surface area contributed by atoms with Crippen molar-refractivity contribution >= 4 is 15.9 Å². The first-order chi connectivity index (χ1) is 5.73. The van der Waals surface area contributed by atoms with E-state index in [4.69, 9.17) is 0 Å². The summed E-state index contributed by atoms with van der Waals surface area (Å²) in [7, 11) is 0. The summed E-state index contributed by atoms with van der Waals surface area (Å²) in [6.07, 6.45) is 1.93. The van der Waals surface area contributed by atoms with Crippen LogP contribution in [0.4, 0.5) is 0 Å². The van der Waals surface area contributed by atoms with Gasteiger partial charge in [0.05, 0.1) is 0 Å². The quantitative estimate of drug-likeness (QED) is 0.730. The topological polar surface area (TPSA) is 20.2 Å². The maximum Gasteiger partial charge on any atom is 0.102 e. The maximum atomic E-state index is 10.1. The molecule has 1 aliphatic carbocycles.